The standard InChI is InChI=1S/C11H23NO2/c1-2-7-13-8-9-14-10-11-3-5-12-6-4-11/h11-12H,2-10H2,1H3. The summed E-state index contributed by atoms with van der Waals surface area (Å²) in [6.07, 6.45) is 3.61. The van der Waals surface area contributed by atoms with E-state index in [0.29, 0.717) is 0 Å². The number of piperidine rings is 1. The molecule has 0 spiro atoms. The Morgan fingerprint density at radius 2 is 1.79 bits per heavy atom. The van der Waals surface area contributed by atoms with E-state index in [9.17, 15) is 0 Å². The normalized spacial score (nSPS) is 18.6. The maximum Gasteiger partial charge on any atom is 0.0700 e. The minimum absolute atomic E-state index is 0.749. The summed E-state index contributed by atoms with van der Waals surface area (Å²) in [5, 5.41) is 3.35. The SMILES string of the molecule is CCCOCCOCC1CCNCC1. The summed E-state index contributed by atoms with van der Waals surface area (Å²) < 4.78 is 10.9. The van der Waals surface area contributed by atoms with Gasteiger partial charge in [-0.2, -0.15) is 0 Å². The molecule has 3 heteroatoms. The fourth-order valence-corrected chi connectivity index (χ4v) is 1.66. The van der Waals surface area contributed by atoms with Crippen LogP contribution in [0.4, 0.5) is 0 Å². The van der Waals surface area contributed by atoms with Crippen molar-refractivity contribution >= 4 is 0 Å². The van der Waals surface area contributed by atoms with Crippen LogP contribution >= 0.6 is 0 Å². The molecule has 84 valence electrons. The molecular formula is C11H23NO2. The Morgan fingerprint density at radius 3 is 2.50 bits per heavy atom. The fourth-order valence-electron chi connectivity index (χ4n) is 1.66. The molecule has 1 rings (SSSR count). The summed E-state index contributed by atoms with van der Waals surface area (Å²) in [5.74, 6) is 0.766. The molecule has 0 saturated carbocycles. The molecule has 3 nitrogen and oxygen atoms in total. The van der Waals surface area contributed by atoms with Crippen LogP contribution in [0.5, 0.6) is 0 Å². The lowest BCUT2D eigenvalue weighted by atomic mass is 9.99. The van der Waals surface area contributed by atoms with Crippen molar-refractivity contribution in [3.63, 3.8) is 0 Å². The number of hydrogen-bond acceptors (Lipinski definition) is 3. The van der Waals surface area contributed by atoms with Gasteiger partial charge in [-0.25, -0.2) is 0 Å². The fraction of sp³-hybridized carbons (Fsp3) is 1.00. The predicted octanol–water partition coefficient (Wildman–Crippen LogP) is 1.43. The minimum Gasteiger partial charge on any atom is -0.379 e. The van der Waals surface area contributed by atoms with Gasteiger partial charge in [0.15, 0.2) is 0 Å². The molecular weight excluding hydrogens is 178 g/mol. The molecule has 0 aromatic carbocycles. The lowest BCUT2D eigenvalue weighted by Gasteiger charge is -2.22. The quantitative estimate of drug-likeness (QED) is 0.632. The van der Waals surface area contributed by atoms with Crippen molar-refractivity contribution in [3.8, 4) is 0 Å². The van der Waals surface area contributed by atoms with Crippen LogP contribution in [0.1, 0.15) is 26.2 Å². The number of ether oxygens (including phenoxy) is 2. The first-order valence-corrected chi connectivity index (χ1v) is 5.79. The minimum atomic E-state index is 0.749. The highest BCUT2D eigenvalue weighted by Gasteiger charge is 2.12. The van der Waals surface area contributed by atoms with E-state index in [1.165, 1.54) is 12.8 Å². The topological polar surface area (TPSA) is 30.5 Å². The smallest absolute Gasteiger partial charge is 0.0700 e. The summed E-state index contributed by atoms with van der Waals surface area (Å²) in [6.45, 7) is 7.70. The second-order valence-corrected chi connectivity index (χ2v) is 3.88. The molecule has 0 aromatic heterocycles. The molecule has 0 unspecified atom stereocenters. The Labute approximate surface area is 87.2 Å². The lowest BCUT2D eigenvalue weighted by Crippen LogP contribution is -2.30. The first-order chi connectivity index (χ1) is 6.93. The Bertz CT molecular complexity index is 124. The monoisotopic (exact) mass is 201 g/mol. The third-order valence-corrected chi connectivity index (χ3v) is 2.53. The Balaban J connectivity index is 1.82. The third-order valence-electron chi connectivity index (χ3n) is 2.53. The number of hydrogen-bond donors (Lipinski definition) is 1. The van der Waals surface area contributed by atoms with E-state index in [1.807, 2.05) is 0 Å². The molecule has 0 radical (unpaired) electrons. The van der Waals surface area contributed by atoms with Crippen LogP contribution < -0.4 is 5.32 Å². The zero-order valence-corrected chi connectivity index (χ0v) is 9.26. The molecule has 0 bridgehead atoms. The van der Waals surface area contributed by atoms with Crippen molar-refractivity contribution in [2.45, 2.75) is 26.2 Å². The van der Waals surface area contributed by atoms with Crippen LogP contribution in [0.25, 0.3) is 0 Å². The van der Waals surface area contributed by atoms with E-state index in [2.05, 4.69) is 12.2 Å². The van der Waals surface area contributed by atoms with E-state index in [1.54, 1.807) is 0 Å². The average Bonchev–Trinajstić information content (AvgIpc) is 2.25. The maximum absolute atomic E-state index is 5.57. The van der Waals surface area contributed by atoms with Crippen LogP contribution in [-0.2, 0) is 9.47 Å². The summed E-state index contributed by atoms with van der Waals surface area (Å²) in [4.78, 5) is 0. The van der Waals surface area contributed by atoms with Gasteiger partial charge in [0.25, 0.3) is 0 Å². The van der Waals surface area contributed by atoms with Crippen LogP contribution in [0, 0.1) is 5.92 Å². The van der Waals surface area contributed by atoms with Gasteiger partial charge in [0.2, 0.25) is 0 Å². The van der Waals surface area contributed by atoms with Crippen LogP contribution in [-0.4, -0.2) is 39.5 Å². The molecule has 14 heavy (non-hydrogen) atoms. The van der Waals surface area contributed by atoms with Crippen LogP contribution in [0.15, 0.2) is 0 Å². The molecule has 1 fully saturated rings. The summed E-state index contributed by atoms with van der Waals surface area (Å²) in [6, 6.07) is 0. The highest BCUT2D eigenvalue weighted by molar-refractivity contribution is 4.67. The van der Waals surface area contributed by atoms with Gasteiger partial charge in [0.05, 0.1) is 13.2 Å². The maximum atomic E-state index is 5.57. The second kappa shape index (κ2) is 8.21. The molecule has 1 aliphatic heterocycles. The molecule has 1 aliphatic rings. The highest BCUT2D eigenvalue weighted by Crippen LogP contribution is 2.11. The molecule has 1 saturated heterocycles. The van der Waals surface area contributed by atoms with Gasteiger partial charge in [-0.1, -0.05) is 6.92 Å². The van der Waals surface area contributed by atoms with Gasteiger partial charge < -0.3 is 14.8 Å². The van der Waals surface area contributed by atoms with E-state index in [-0.39, 0.29) is 0 Å². The lowest BCUT2D eigenvalue weighted by molar-refractivity contribution is 0.0291. The van der Waals surface area contributed by atoms with E-state index in [0.717, 1.165) is 51.9 Å². The van der Waals surface area contributed by atoms with Crippen molar-refractivity contribution in [3.05, 3.63) is 0 Å². The average molecular weight is 201 g/mol. The third kappa shape index (κ3) is 5.58. The molecule has 0 aromatic rings. The molecule has 0 amide bonds. The van der Waals surface area contributed by atoms with Gasteiger partial charge in [-0.15, -0.1) is 0 Å². The molecule has 0 aliphatic carbocycles. The Hall–Kier alpha value is -0.120. The first-order valence-electron chi connectivity index (χ1n) is 5.79. The highest BCUT2D eigenvalue weighted by atomic mass is 16.5. The summed E-state index contributed by atoms with van der Waals surface area (Å²) in [7, 11) is 0. The van der Waals surface area contributed by atoms with Gasteiger partial charge in [-0.05, 0) is 38.3 Å². The van der Waals surface area contributed by atoms with Crippen LogP contribution in [0.2, 0.25) is 0 Å². The van der Waals surface area contributed by atoms with Gasteiger partial charge in [0, 0.05) is 13.2 Å². The first kappa shape index (κ1) is 12.0. The zero-order chi connectivity index (χ0) is 10.1. The van der Waals surface area contributed by atoms with Gasteiger partial charge in [-0.3, -0.25) is 0 Å². The largest absolute Gasteiger partial charge is 0.379 e. The van der Waals surface area contributed by atoms with E-state index >= 15 is 0 Å². The van der Waals surface area contributed by atoms with Crippen molar-refractivity contribution in [2.24, 2.45) is 5.92 Å². The van der Waals surface area contributed by atoms with Gasteiger partial charge in [0.1, 0.15) is 0 Å². The second-order valence-electron chi connectivity index (χ2n) is 3.88. The summed E-state index contributed by atoms with van der Waals surface area (Å²) >= 11 is 0. The predicted molar refractivity (Wildman–Crippen MR) is 57.5 cm³/mol. The zero-order valence-electron chi connectivity index (χ0n) is 9.26. The Kier molecular flexibility index (Phi) is 7.01. The van der Waals surface area contributed by atoms with E-state index in [4.69, 9.17) is 9.47 Å². The number of nitrogens with one attached hydrogen (secondary N) is 1. The van der Waals surface area contributed by atoms with Crippen molar-refractivity contribution in [1.29, 1.82) is 0 Å². The molecule has 1 N–H and O–H groups in total. The molecule has 0 atom stereocenters. The number of rotatable bonds is 7. The Morgan fingerprint density at radius 1 is 1.07 bits per heavy atom. The van der Waals surface area contributed by atoms with Crippen LogP contribution in [0.3, 0.4) is 0 Å². The van der Waals surface area contributed by atoms with Gasteiger partial charge >= 0.3 is 0 Å². The van der Waals surface area contributed by atoms with Crippen molar-refractivity contribution < 1.29 is 9.47 Å². The molecule has 1 heterocycles. The van der Waals surface area contributed by atoms with Crippen molar-refractivity contribution in [2.75, 3.05) is 39.5 Å². The summed E-state index contributed by atoms with van der Waals surface area (Å²) in [5.41, 5.74) is 0. The van der Waals surface area contributed by atoms with Crippen molar-refractivity contribution in [1.82, 2.24) is 5.32 Å². The van der Waals surface area contributed by atoms with E-state index < -0.39 is 0 Å².